The molecule has 1 rings (SSSR count). The second-order valence-electron chi connectivity index (χ2n) is 3.18. The van der Waals surface area contributed by atoms with Gasteiger partial charge in [-0.05, 0) is 11.4 Å². The van der Waals surface area contributed by atoms with Gasteiger partial charge in [0.05, 0.1) is 0 Å². The third-order valence-corrected chi connectivity index (χ3v) is 2.93. The molecule has 0 aromatic carbocycles. The van der Waals surface area contributed by atoms with Gasteiger partial charge < -0.3 is 15.7 Å². The molecule has 3 N–H and O–H groups in total. The van der Waals surface area contributed by atoms with E-state index >= 15 is 0 Å². The third-order valence-electron chi connectivity index (χ3n) is 2.03. The average Bonchev–Trinajstić information content (AvgIpc) is 2.79. The maximum absolute atomic E-state index is 11.5. The summed E-state index contributed by atoms with van der Waals surface area (Å²) in [5.74, 6) is -0.819. The molecule has 0 aliphatic carbocycles. The van der Waals surface area contributed by atoms with Crippen LogP contribution in [0.5, 0.6) is 0 Å². The molecular formula is C10H14N2O3S. The Labute approximate surface area is 97.5 Å². The van der Waals surface area contributed by atoms with E-state index in [2.05, 4.69) is 10.6 Å². The van der Waals surface area contributed by atoms with Gasteiger partial charge in [0, 0.05) is 18.3 Å². The normalized spacial score (nSPS) is 11.9. The first-order chi connectivity index (χ1) is 7.67. The maximum atomic E-state index is 11.5. The lowest BCUT2D eigenvalue weighted by molar-refractivity contribution is -0.130. The van der Waals surface area contributed by atoms with Crippen LogP contribution in [0.2, 0.25) is 0 Å². The number of aliphatic hydroxyl groups is 1. The number of carbonyl (C=O) groups is 2. The minimum Gasteiger partial charge on any atom is -0.387 e. The predicted molar refractivity (Wildman–Crippen MR) is 61.1 cm³/mol. The van der Waals surface area contributed by atoms with Crippen LogP contribution in [0.15, 0.2) is 17.5 Å². The van der Waals surface area contributed by atoms with E-state index in [0.717, 1.165) is 4.88 Å². The van der Waals surface area contributed by atoms with Gasteiger partial charge in [0.1, 0.15) is 12.6 Å². The summed E-state index contributed by atoms with van der Waals surface area (Å²) in [6.45, 7) is -0.613. The molecule has 0 aliphatic heterocycles. The van der Waals surface area contributed by atoms with E-state index in [1.165, 1.54) is 18.4 Å². The van der Waals surface area contributed by atoms with E-state index in [1.54, 1.807) is 0 Å². The Morgan fingerprint density at radius 3 is 2.81 bits per heavy atom. The van der Waals surface area contributed by atoms with Crippen molar-refractivity contribution in [3.8, 4) is 0 Å². The summed E-state index contributed by atoms with van der Waals surface area (Å²) in [6, 6.07) is 3.14. The van der Waals surface area contributed by atoms with Gasteiger partial charge in [0.25, 0.3) is 0 Å². The number of likely N-dealkylation sites (N-methyl/N-ethyl adjacent to an activating group) is 1. The Morgan fingerprint density at radius 2 is 2.31 bits per heavy atom. The molecule has 2 amide bonds. The molecule has 5 nitrogen and oxygen atoms in total. The van der Waals surface area contributed by atoms with Crippen molar-refractivity contribution in [2.75, 3.05) is 13.7 Å². The molecule has 1 aromatic rings. The first kappa shape index (κ1) is 12.7. The van der Waals surface area contributed by atoms with Gasteiger partial charge >= 0.3 is 0 Å². The molecule has 1 aromatic heterocycles. The van der Waals surface area contributed by atoms with Crippen LogP contribution in [0.4, 0.5) is 0 Å². The standard InChI is InChI=1S/C10H14N2O3S/c1-11-10(15)8(12-9(14)6-13)5-7-3-2-4-16-7/h2-4,8,13H,5-6H2,1H3,(H,11,15)(H,12,14)/t8-/m0/s1. The highest BCUT2D eigenvalue weighted by molar-refractivity contribution is 7.09. The number of aliphatic hydroxyl groups excluding tert-OH is 1. The lowest BCUT2D eigenvalue weighted by Crippen LogP contribution is -2.47. The molecule has 0 bridgehead atoms. The van der Waals surface area contributed by atoms with Gasteiger partial charge in [0.2, 0.25) is 11.8 Å². The first-order valence-electron chi connectivity index (χ1n) is 4.81. The lowest BCUT2D eigenvalue weighted by atomic mass is 10.1. The van der Waals surface area contributed by atoms with Crippen molar-refractivity contribution in [3.63, 3.8) is 0 Å². The second-order valence-corrected chi connectivity index (χ2v) is 4.21. The molecule has 0 aliphatic rings. The number of carbonyl (C=O) groups excluding carboxylic acids is 2. The summed E-state index contributed by atoms with van der Waals surface area (Å²) in [7, 11) is 1.51. The van der Waals surface area contributed by atoms with Crippen LogP contribution in [-0.4, -0.2) is 36.6 Å². The van der Waals surface area contributed by atoms with Crippen molar-refractivity contribution < 1.29 is 14.7 Å². The molecule has 0 fully saturated rings. The van der Waals surface area contributed by atoms with Crippen molar-refractivity contribution in [2.45, 2.75) is 12.5 Å². The smallest absolute Gasteiger partial charge is 0.246 e. The minimum absolute atomic E-state index is 0.268. The van der Waals surface area contributed by atoms with Crippen LogP contribution >= 0.6 is 11.3 Å². The molecule has 88 valence electrons. The predicted octanol–water partition coefficient (Wildman–Crippen LogP) is -0.486. The Bertz CT molecular complexity index is 351. The molecule has 0 saturated heterocycles. The van der Waals surface area contributed by atoms with Gasteiger partial charge in [-0.25, -0.2) is 0 Å². The SMILES string of the molecule is CNC(=O)[C@H](Cc1cccs1)NC(=O)CO. The van der Waals surface area contributed by atoms with Crippen molar-refractivity contribution >= 4 is 23.2 Å². The number of thiophene rings is 1. The summed E-state index contributed by atoms with van der Waals surface area (Å²) >= 11 is 1.52. The van der Waals surface area contributed by atoms with Gasteiger partial charge in [-0.3, -0.25) is 9.59 Å². The molecule has 1 heterocycles. The average molecular weight is 242 g/mol. The second kappa shape index (κ2) is 6.24. The van der Waals surface area contributed by atoms with E-state index in [1.807, 2.05) is 17.5 Å². The molecule has 0 saturated carbocycles. The molecule has 0 radical (unpaired) electrons. The van der Waals surface area contributed by atoms with Crippen LogP contribution in [-0.2, 0) is 16.0 Å². The van der Waals surface area contributed by atoms with Crippen LogP contribution in [0.1, 0.15) is 4.88 Å². The molecule has 6 heteroatoms. The van der Waals surface area contributed by atoms with Crippen molar-refractivity contribution in [1.82, 2.24) is 10.6 Å². The Balaban J connectivity index is 2.64. The number of hydrogen-bond acceptors (Lipinski definition) is 4. The quantitative estimate of drug-likeness (QED) is 0.652. The minimum atomic E-state index is -0.636. The fraction of sp³-hybridized carbons (Fsp3) is 0.400. The highest BCUT2D eigenvalue weighted by atomic mass is 32.1. The van der Waals surface area contributed by atoms with E-state index in [0.29, 0.717) is 6.42 Å². The Kier molecular flexibility index (Phi) is 4.94. The zero-order valence-corrected chi connectivity index (χ0v) is 9.71. The monoisotopic (exact) mass is 242 g/mol. The maximum Gasteiger partial charge on any atom is 0.246 e. The zero-order valence-electron chi connectivity index (χ0n) is 8.90. The van der Waals surface area contributed by atoms with Gasteiger partial charge in [0.15, 0.2) is 0 Å². The molecule has 0 spiro atoms. The van der Waals surface area contributed by atoms with Crippen molar-refractivity contribution in [3.05, 3.63) is 22.4 Å². The summed E-state index contributed by atoms with van der Waals surface area (Å²) in [5.41, 5.74) is 0. The Hall–Kier alpha value is -1.40. The van der Waals surface area contributed by atoms with Gasteiger partial charge in [-0.2, -0.15) is 0 Å². The van der Waals surface area contributed by atoms with Crippen LogP contribution in [0.3, 0.4) is 0 Å². The third kappa shape index (κ3) is 3.63. The van der Waals surface area contributed by atoms with Crippen LogP contribution in [0.25, 0.3) is 0 Å². The number of amides is 2. The van der Waals surface area contributed by atoms with Crippen LogP contribution < -0.4 is 10.6 Å². The fourth-order valence-corrected chi connectivity index (χ4v) is 2.01. The van der Waals surface area contributed by atoms with E-state index in [9.17, 15) is 9.59 Å². The zero-order chi connectivity index (χ0) is 12.0. The molecule has 16 heavy (non-hydrogen) atoms. The molecular weight excluding hydrogens is 228 g/mol. The number of rotatable bonds is 5. The summed E-state index contributed by atoms with van der Waals surface area (Å²) < 4.78 is 0. The summed E-state index contributed by atoms with van der Waals surface area (Å²) in [4.78, 5) is 23.5. The topological polar surface area (TPSA) is 78.4 Å². The van der Waals surface area contributed by atoms with Crippen molar-refractivity contribution in [1.29, 1.82) is 0 Å². The molecule has 1 atom stereocenters. The molecule has 0 unspecified atom stereocenters. The Morgan fingerprint density at radius 1 is 1.56 bits per heavy atom. The van der Waals surface area contributed by atoms with Gasteiger partial charge in [-0.1, -0.05) is 6.07 Å². The summed E-state index contributed by atoms with van der Waals surface area (Å²) in [6.07, 6.45) is 0.434. The van der Waals surface area contributed by atoms with Crippen molar-refractivity contribution in [2.24, 2.45) is 0 Å². The van der Waals surface area contributed by atoms with Crippen LogP contribution in [0, 0.1) is 0 Å². The lowest BCUT2D eigenvalue weighted by Gasteiger charge is -2.15. The number of hydrogen-bond donors (Lipinski definition) is 3. The first-order valence-corrected chi connectivity index (χ1v) is 5.69. The largest absolute Gasteiger partial charge is 0.387 e. The van der Waals surface area contributed by atoms with E-state index in [4.69, 9.17) is 5.11 Å². The van der Waals surface area contributed by atoms with E-state index < -0.39 is 18.6 Å². The number of nitrogens with one attached hydrogen (secondary N) is 2. The van der Waals surface area contributed by atoms with E-state index in [-0.39, 0.29) is 5.91 Å². The highest BCUT2D eigenvalue weighted by Crippen LogP contribution is 2.11. The fourth-order valence-electron chi connectivity index (χ4n) is 1.25. The highest BCUT2D eigenvalue weighted by Gasteiger charge is 2.19. The van der Waals surface area contributed by atoms with Gasteiger partial charge in [-0.15, -0.1) is 11.3 Å². The summed E-state index contributed by atoms with van der Waals surface area (Å²) in [5, 5.41) is 15.5.